The molecular weight excluding hydrogens is 558 g/mol. The molecule has 40 heavy (non-hydrogen) atoms. The van der Waals surface area contributed by atoms with Crippen molar-refractivity contribution in [2.75, 3.05) is 12.4 Å². The molecule has 0 fully saturated rings. The number of benzene rings is 3. The molecule has 12 nitrogen and oxygen atoms in total. The van der Waals surface area contributed by atoms with Crippen LogP contribution in [0.25, 0.3) is 6.08 Å². The van der Waals surface area contributed by atoms with Crippen LogP contribution < -0.4 is 14.2 Å². The number of nitriles is 1. The van der Waals surface area contributed by atoms with Crippen molar-refractivity contribution in [1.82, 2.24) is 10.2 Å². The van der Waals surface area contributed by atoms with Crippen LogP contribution >= 0.6 is 11.3 Å². The third-order valence-corrected chi connectivity index (χ3v) is 7.41. The van der Waals surface area contributed by atoms with Crippen LogP contribution in [0.3, 0.4) is 0 Å². The average molecular weight is 578 g/mol. The Morgan fingerprint density at radius 3 is 2.45 bits per heavy atom. The molecule has 1 amide bonds. The number of non-ortho nitro benzene ring substituents is 1. The number of nitrogens with one attached hydrogen (secondary N) is 1. The fraction of sp³-hybridized carbons (Fsp3) is 0.0769. The number of carbonyl (C=O) groups is 1. The molecule has 1 N–H and O–H groups in total. The van der Waals surface area contributed by atoms with Crippen LogP contribution in [0.15, 0.2) is 83.3 Å². The predicted molar refractivity (Wildman–Crippen MR) is 145 cm³/mol. The van der Waals surface area contributed by atoms with Gasteiger partial charge in [0.05, 0.1) is 12.0 Å². The molecule has 0 aliphatic heterocycles. The number of ether oxygens (including phenoxy) is 1. The van der Waals surface area contributed by atoms with Gasteiger partial charge in [0.1, 0.15) is 33.0 Å². The molecule has 0 spiro atoms. The lowest BCUT2D eigenvalue weighted by molar-refractivity contribution is -0.384. The van der Waals surface area contributed by atoms with E-state index >= 15 is 0 Å². The van der Waals surface area contributed by atoms with Crippen molar-refractivity contribution in [3.8, 4) is 17.6 Å². The first-order chi connectivity index (χ1) is 19.2. The molecule has 4 rings (SSSR count). The number of rotatable bonds is 10. The van der Waals surface area contributed by atoms with Crippen LogP contribution in [0.2, 0.25) is 0 Å². The minimum absolute atomic E-state index is 0.136. The molecule has 0 saturated carbocycles. The van der Waals surface area contributed by atoms with E-state index in [9.17, 15) is 28.6 Å². The van der Waals surface area contributed by atoms with E-state index in [1.807, 2.05) is 24.3 Å². The summed E-state index contributed by atoms with van der Waals surface area (Å²) in [6, 6.07) is 19.3. The third kappa shape index (κ3) is 6.84. The van der Waals surface area contributed by atoms with E-state index in [1.54, 1.807) is 19.2 Å². The van der Waals surface area contributed by atoms with Gasteiger partial charge in [0.25, 0.3) is 11.6 Å². The van der Waals surface area contributed by atoms with E-state index in [1.165, 1.54) is 24.3 Å². The molecular formula is C26H19N5O7S2. The summed E-state index contributed by atoms with van der Waals surface area (Å²) in [5.74, 6) is -0.206. The molecule has 4 aromatic rings. The number of nitrogens with zero attached hydrogens (tertiary/aromatic N) is 4. The number of nitro groups is 1. The number of anilines is 1. The number of methoxy groups -OCH3 is 1. The van der Waals surface area contributed by atoms with Crippen molar-refractivity contribution in [2.24, 2.45) is 0 Å². The molecule has 0 radical (unpaired) electrons. The Bertz CT molecular complexity index is 1730. The van der Waals surface area contributed by atoms with Crippen molar-refractivity contribution in [2.45, 2.75) is 11.3 Å². The zero-order valence-electron chi connectivity index (χ0n) is 20.7. The summed E-state index contributed by atoms with van der Waals surface area (Å²) in [6.45, 7) is 0. The first-order valence-corrected chi connectivity index (χ1v) is 13.6. The van der Waals surface area contributed by atoms with E-state index in [-0.39, 0.29) is 32.6 Å². The Balaban J connectivity index is 1.49. The van der Waals surface area contributed by atoms with Crippen LogP contribution in [0, 0.1) is 21.4 Å². The Morgan fingerprint density at radius 2 is 1.80 bits per heavy atom. The number of amides is 1. The van der Waals surface area contributed by atoms with Crippen LogP contribution in [-0.2, 0) is 21.3 Å². The molecule has 14 heteroatoms. The van der Waals surface area contributed by atoms with Gasteiger partial charge in [-0.05, 0) is 42.0 Å². The van der Waals surface area contributed by atoms with Gasteiger partial charge >= 0.3 is 10.1 Å². The first kappa shape index (κ1) is 27.9. The van der Waals surface area contributed by atoms with Crippen LogP contribution in [0.1, 0.15) is 16.1 Å². The molecule has 3 aromatic carbocycles. The lowest BCUT2D eigenvalue weighted by Crippen LogP contribution is -2.14. The smallest absolute Gasteiger partial charge is 0.339 e. The van der Waals surface area contributed by atoms with E-state index in [0.29, 0.717) is 11.4 Å². The van der Waals surface area contributed by atoms with Gasteiger partial charge in [-0.15, -0.1) is 10.2 Å². The van der Waals surface area contributed by atoms with E-state index in [2.05, 4.69) is 15.5 Å². The van der Waals surface area contributed by atoms with Crippen LogP contribution in [-0.4, -0.2) is 36.6 Å². The van der Waals surface area contributed by atoms with Gasteiger partial charge in [-0.2, -0.15) is 13.7 Å². The highest BCUT2D eigenvalue weighted by atomic mass is 32.2. The zero-order valence-corrected chi connectivity index (χ0v) is 22.3. The Morgan fingerprint density at radius 1 is 1.10 bits per heavy atom. The molecule has 1 heterocycles. The summed E-state index contributed by atoms with van der Waals surface area (Å²) in [7, 11) is -2.80. The number of aromatic nitrogens is 2. The summed E-state index contributed by atoms with van der Waals surface area (Å²) in [5.41, 5.74) is 0.482. The summed E-state index contributed by atoms with van der Waals surface area (Å²) in [4.78, 5) is 22.7. The highest BCUT2D eigenvalue weighted by Gasteiger charge is 2.20. The molecule has 0 atom stereocenters. The van der Waals surface area contributed by atoms with E-state index in [4.69, 9.17) is 8.92 Å². The fourth-order valence-corrected chi connectivity index (χ4v) is 5.06. The van der Waals surface area contributed by atoms with Gasteiger partial charge in [-0.25, -0.2) is 0 Å². The second-order valence-corrected chi connectivity index (χ2v) is 10.6. The number of nitro benzene ring substituents is 1. The maximum Gasteiger partial charge on any atom is 0.339 e. The minimum atomic E-state index is -4.38. The molecule has 202 valence electrons. The molecule has 0 saturated heterocycles. The lowest BCUT2D eigenvalue weighted by Gasteiger charge is -2.10. The van der Waals surface area contributed by atoms with Gasteiger partial charge < -0.3 is 8.92 Å². The van der Waals surface area contributed by atoms with E-state index < -0.39 is 20.9 Å². The first-order valence-electron chi connectivity index (χ1n) is 11.3. The van der Waals surface area contributed by atoms with Crippen LogP contribution in [0.5, 0.6) is 11.5 Å². The number of carbonyl (C=O) groups excluding carboxylic acids is 1. The van der Waals surface area contributed by atoms with Crippen molar-refractivity contribution >= 4 is 44.3 Å². The predicted octanol–water partition coefficient (Wildman–Crippen LogP) is 4.36. The zero-order chi connectivity index (χ0) is 28.7. The maximum absolute atomic E-state index is 12.8. The highest BCUT2D eigenvalue weighted by Crippen LogP contribution is 2.27. The summed E-state index contributed by atoms with van der Waals surface area (Å²) < 4.78 is 35.9. The minimum Gasteiger partial charge on any atom is -0.497 e. The Labute approximate surface area is 232 Å². The monoisotopic (exact) mass is 577 g/mol. The number of hydrogen-bond donors (Lipinski definition) is 1. The quantitative estimate of drug-likeness (QED) is 0.0937. The second kappa shape index (κ2) is 12.2. The van der Waals surface area contributed by atoms with E-state index in [0.717, 1.165) is 46.9 Å². The number of para-hydroxylation sites is 1. The molecule has 0 aliphatic carbocycles. The van der Waals surface area contributed by atoms with Crippen molar-refractivity contribution in [1.29, 1.82) is 5.26 Å². The standard InChI is InChI=1S/C26H19N5O7S2/c1-37-21-10-6-17(7-11-21)14-24-29-30-26(39-24)28-25(32)19(16-27)15-18-4-2-3-5-23(18)38-40(35,36)22-12-8-20(9-13-22)31(33)34/h2-13,15H,14H2,1H3,(H,28,30,32)/b19-15+. The lowest BCUT2D eigenvalue weighted by atomic mass is 10.1. The Kier molecular flexibility index (Phi) is 8.48. The third-order valence-electron chi connectivity index (χ3n) is 5.32. The number of hydrogen-bond acceptors (Lipinski definition) is 11. The highest BCUT2D eigenvalue weighted by molar-refractivity contribution is 7.87. The van der Waals surface area contributed by atoms with Gasteiger partial charge in [-0.3, -0.25) is 20.2 Å². The average Bonchev–Trinajstić information content (AvgIpc) is 3.39. The van der Waals surface area contributed by atoms with Gasteiger partial charge in [0, 0.05) is 24.1 Å². The molecule has 0 aliphatic rings. The molecule has 1 aromatic heterocycles. The Hall–Kier alpha value is -5.13. The van der Waals surface area contributed by atoms with Gasteiger partial charge in [0.15, 0.2) is 0 Å². The fourth-order valence-electron chi connectivity index (χ4n) is 3.34. The second-order valence-electron chi connectivity index (χ2n) is 7.98. The molecule has 0 bridgehead atoms. The van der Waals surface area contributed by atoms with Crippen molar-refractivity contribution in [3.05, 3.63) is 105 Å². The summed E-state index contributed by atoms with van der Waals surface area (Å²) >= 11 is 1.14. The topological polar surface area (TPSA) is 174 Å². The molecule has 0 unspecified atom stereocenters. The summed E-state index contributed by atoms with van der Waals surface area (Å²) in [5, 5.41) is 31.8. The summed E-state index contributed by atoms with van der Waals surface area (Å²) in [6.07, 6.45) is 1.65. The van der Waals surface area contributed by atoms with Gasteiger partial charge in [0.2, 0.25) is 5.13 Å². The van der Waals surface area contributed by atoms with Crippen LogP contribution in [0.4, 0.5) is 10.8 Å². The maximum atomic E-state index is 12.8. The van der Waals surface area contributed by atoms with Crippen molar-refractivity contribution < 1.29 is 27.1 Å². The largest absolute Gasteiger partial charge is 0.497 e. The van der Waals surface area contributed by atoms with Crippen molar-refractivity contribution in [3.63, 3.8) is 0 Å². The SMILES string of the molecule is COc1ccc(Cc2nnc(NC(=O)/C(C#N)=C/c3ccccc3OS(=O)(=O)c3ccc([N+](=O)[O-])cc3)s2)cc1. The van der Waals surface area contributed by atoms with Gasteiger partial charge in [-0.1, -0.05) is 41.7 Å². The normalized spacial score (nSPS) is 11.3.